The zero-order valence-electron chi connectivity index (χ0n) is 20.7. The standard InChI is InChI=1S/C25H27N7O4S/c1-16-14-31(15-17(2)36-16)24-6-4-5-20(28-24)21-8-7-18-13-26-19(11-22(18)27-21)12-25(33)29-23-9-10-32(30-23)37(3,34)35/h4-11,13,16-17H,12,14-15H2,1-3H3,(H,29,30,33)/t16-,17+. The smallest absolute Gasteiger partial charge is 0.250 e. The molecule has 0 spiro atoms. The lowest BCUT2D eigenvalue weighted by atomic mass is 10.1. The number of fused-ring (bicyclic) bond motifs is 1. The average Bonchev–Trinajstić information content (AvgIpc) is 3.32. The molecule has 12 heteroatoms. The number of morpholine rings is 1. The van der Waals surface area contributed by atoms with E-state index in [4.69, 9.17) is 14.7 Å². The topological polar surface area (TPSA) is 132 Å². The summed E-state index contributed by atoms with van der Waals surface area (Å²) in [6.07, 6.45) is 4.22. The highest BCUT2D eigenvalue weighted by Gasteiger charge is 2.23. The minimum absolute atomic E-state index is 0.0191. The summed E-state index contributed by atoms with van der Waals surface area (Å²) >= 11 is 0. The lowest BCUT2D eigenvalue weighted by Crippen LogP contribution is -2.45. The van der Waals surface area contributed by atoms with E-state index in [2.05, 4.69) is 34.1 Å². The van der Waals surface area contributed by atoms with Crippen LogP contribution in [0.15, 0.2) is 54.9 Å². The minimum atomic E-state index is -3.52. The molecule has 1 amide bonds. The van der Waals surface area contributed by atoms with Gasteiger partial charge in [0.15, 0.2) is 5.82 Å². The molecule has 11 nitrogen and oxygen atoms in total. The molecule has 1 aliphatic heterocycles. The number of nitrogens with zero attached hydrogens (tertiary/aromatic N) is 6. The molecule has 1 fully saturated rings. The van der Waals surface area contributed by atoms with Crippen LogP contribution in [0, 0.1) is 0 Å². The number of pyridine rings is 3. The van der Waals surface area contributed by atoms with Crippen LogP contribution in [0.2, 0.25) is 0 Å². The second-order valence-electron chi connectivity index (χ2n) is 9.17. The molecule has 1 aliphatic rings. The van der Waals surface area contributed by atoms with Crippen LogP contribution in [0.4, 0.5) is 11.6 Å². The van der Waals surface area contributed by atoms with Gasteiger partial charge in [-0.25, -0.2) is 18.4 Å². The van der Waals surface area contributed by atoms with Crippen LogP contribution in [0.3, 0.4) is 0 Å². The summed E-state index contributed by atoms with van der Waals surface area (Å²) in [5, 5.41) is 7.29. The van der Waals surface area contributed by atoms with Crippen LogP contribution in [0.1, 0.15) is 19.5 Å². The van der Waals surface area contributed by atoms with Crippen LogP contribution in [0.25, 0.3) is 22.3 Å². The largest absolute Gasteiger partial charge is 0.372 e. The van der Waals surface area contributed by atoms with Gasteiger partial charge in [0.1, 0.15) is 5.82 Å². The molecule has 37 heavy (non-hydrogen) atoms. The third kappa shape index (κ3) is 5.75. The van der Waals surface area contributed by atoms with Gasteiger partial charge >= 0.3 is 0 Å². The van der Waals surface area contributed by atoms with E-state index in [1.807, 2.05) is 30.3 Å². The van der Waals surface area contributed by atoms with Crippen molar-refractivity contribution >= 4 is 38.5 Å². The Morgan fingerprint density at radius 1 is 1.08 bits per heavy atom. The SMILES string of the molecule is C[C@@H]1CN(c2cccc(-c3ccc4cnc(CC(=O)Nc5ccn(S(C)(=O)=O)n5)cc4n3)n2)C[C@H](C)O1. The number of anilines is 2. The predicted octanol–water partition coefficient (Wildman–Crippen LogP) is 2.49. The highest BCUT2D eigenvalue weighted by molar-refractivity contribution is 7.89. The maximum Gasteiger partial charge on any atom is 0.250 e. The van der Waals surface area contributed by atoms with Gasteiger partial charge in [-0.1, -0.05) is 6.07 Å². The molecule has 0 saturated carbocycles. The Labute approximate surface area is 214 Å². The highest BCUT2D eigenvalue weighted by atomic mass is 32.2. The van der Waals surface area contributed by atoms with Gasteiger partial charge in [0.05, 0.1) is 47.5 Å². The number of hydrogen-bond donors (Lipinski definition) is 1. The number of ether oxygens (including phenoxy) is 1. The van der Waals surface area contributed by atoms with E-state index in [1.54, 1.807) is 12.3 Å². The Hall–Kier alpha value is -3.90. The van der Waals surface area contributed by atoms with Crippen molar-refractivity contribution in [3.63, 3.8) is 0 Å². The van der Waals surface area contributed by atoms with Gasteiger partial charge in [0.2, 0.25) is 5.91 Å². The minimum Gasteiger partial charge on any atom is -0.372 e. The van der Waals surface area contributed by atoms with E-state index in [0.29, 0.717) is 11.2 Å². The molecular formula is C25H27N7O4S. The molecule has 2 atom stereocenters. The van der Waals surface area contributed by atoms with Crippen LogP contribution in [0.5, 0.6) is 0 Å². The second-order valence-corrected chi connectivity index (χ2v) is 11.0. The molecule has 0 radical (unpaired) electrons. The molecule has 4 aromatic heterocycles. The molecule has 1 N–H and O–H groups in total. The Morgan fingerprint density at radius 3 is 2.57 bits per heavy atom. The first-order chi connectivity index (χ1) is 17.6. The monoisotopic (exact) mass is 521 g/mol. The number of nitrogens with one attached hydrogen (secondary N) is 1. The normalized spacial score (nSPS) is 18.2. The molecule has 0 aromatic carbocycles. The van der Waals surface area contributed by atoms with Crippen molar-refractivity contribution in [1.82, 2.24) is 24.1 Å². The molecular weight excluding hydrogens is 494 g/mol. The van der Waals surface area contributed by atoms with Crippen molar-refractivity contribution in [3.05, 3.63) is 60.6 Å². The Bertz CT molecular complexity index is 1560. The summed E-state index contributed by atoms with van der Waals surface area (Å²) in [5.41, 5.74) is 2.69. The lowest BCUT2D eigenvalue weighted by Gasteiger charge is -2.36. The zero-order chi connectivity index (χ0) is 26.2. The Balaban J connectivity index is 1.34. The molecule has 0 bridgehead atoms. The number of carbonyl (C=O) groups excluding carboxylic acids is 1. The first-order valence-corrected chi connectivity index (χ1v) is 13.7. The van der Waals surface area contributed by atoms with Crippen LogP contribution in [-0.2, 0) is 26.0 Å². The summed E-state index contributed by atoms with van der Waals surface area (Å²) in [6.45, 7) is 5.67. The fourth-order valence-electron chi connectivity index (χ4n) is 4.31. The van der Waals surface area contributed by atoms with E-state index >= 15 is 0 Å². The number of rotatable bonds is 6. The third-order valence-corrected chi connectivity index (χ3v) is 6.77. The molecule has 0 unspecified atom stereocenters. The Morgan fingerprint density at radius 2 is 1.84 bits per heavy atom. The number of amides is 1. The van der Waals surface area contributed by atoms with Crippen LogP contribution in [-0.4, -0.2) is 70.0 Å². The number of carbonyl (C=O) groups is 1. The van der Waals surface area contributed by atoms with Crippen molar-refractivity contribution in [2.75, 3.05) is 29.6 Å². The van der Waals surface area contributed by atoms with Crippen molar-refractivity contribution in [2.45, 2.75) is 32.5 Å². The first kappa shape index (κ1) is 24.8. The summed E-state index contributed by atoms with van der Waals surface area (Å²) in [4.78, 5) is 28.7. The zero-order valence-corrected chi connectivity index (χ0v) is 21.5. The lowest BCUT2D eigenvalue weighted by molar-refractivity contribution is -0.115. The van der Waals surface area contributed by atoms with Crippen molar-refractivity contribution in [2.24, 2.45) is 0 Å². The number of hydrogen-bond acceptors (Lipinski definition) is 9. The van der Waals surface area contributed by atoms with E-state index in [-0.39, 0.29) is 30.4 Å². The molecule has 192 valence electrons. The second kappa shape index (κ2) is 9.87. The summed E-state index contributed by atoms with van der Waals surface area (Å²) in [7, 11) is -3.52. The van der Waals surface area contributed by atoms with Crippen molar-refractivity contribution in [1.29, 1.82) is 0 Å². The van der Waals surface area contributed by atoms with Crippen molar-refractivity contribution in [3.8, 4) is 11.4 Å². The summed E-state index contributed by atoms with van der Waals surface area (Å²) < 4.78 is 29.8. The fraction of sp³-hybridized carbons (Fsp3) is 0.320. The molecule has 0 aliphatic carbocycles. The number of aromatic nitrogens is 5. The summed E-state index contributed by atoms with van der Waals surface area (Å²) in [5.74, 6) is 0.656. The molecule has 5 rings (SSSR count). The fourth-order valence-corrected chi connectivity index (χ4v) is 4.83. The Kier molecular flexibility index (Phi) is 6.61. The van der Waals surface area contributed by atoms with Crippen LogP contribution < -0.4 is 10.2 Å². The maximum atomic E-state index is 12.5. The average molecular weight is 522 g/mol. The van der Waals surface area contributed by atoms with E-state index in [0.717, 1.165) is 46.0 Å². The van der Waals surface area contributed by atoms with Crippen molar-refractivity contribution < 1.29 is 17.9 Å². The van der Waals surface area contributed by atoms with Gasteiger partial charge in [-0.2, -0.15) is 4.09 Å². The van der Waals surface area contributed by atoms with E-state index in [9.17, 15) is 13.2 Å². The predicted molar refractivity (Wildman–Crippen MR) is 140 cm³/mol. The highest BCUT2D eigenvalue weighted by Crippen LogP contribution is 2.24. The quantitative estimate of drug-likeness (QED) is 0.406. The molecule has 1 saturated heterocycles. The molecule has 4 aromatic rings. The first-order valence-electron chi connectivity index (χ1n) is 11.8. The maximum absolute atomic E-state index is 12.5. The van der Waals surface area contributed by atoms with Gasteiger partial charge in [0, 0.05) is 36.9 Å². The summed E-state index contributed by atoms with van der Waals surface area (Å²) in [6, 6.07) is 12.9. The van der Waals surface area contributed by atoms with Gasteiger partial charge in [-0.15, -0.1) is 5.10 Å². The van der Waals surface area contributed by atoms with E-state index in [1.165, 1.54) is 12.3 Å². The van der Waals surface area contributed by atoms with Gasteiger partial charge in [-0.3, -0.25) is 9.78 Å². The van der Waals surface area contributed by atoms with Gasteiger partial charge < -0.3 is 15.0 Å². The van der Waals surface area contributed by atoms with Gasteiger partial charge in [-0.05, 0) is 44.2 Å². The van der Waals surface area contributed by atoms with Gasteiger partial charge in [0.25, 0.3) is 10.0 Å². The third-order valence-electron chi connectivity index (χ3n) is 5.89. The van der Waals surface area contributed by atoms with Crippen LogP contribution >= 0.6 is 0 Å². The van der Waals surface area contributed by atoms with E-state index < -0.39 is 10.0 Å². The molecule has 5 heterocycles.